The monoisotopic (exact) mass is 341 g/mol. The highest BCUT2D eigenvalue weighted by atomic mass is 79.9. The summed E-state index contributed by atoms with van der Waals surface area (Å²) in [6.07, 6.45) is 1.58. The fourth-order valence-corrected chi connectivity index (χ4v) is 2.43. The molecule has 0 atom stereocenters. The Morgan fingerprint density at radius 2 is 2.11 bits per heavy atom. The first-order valence-electron chi connectivity index (χ1n) is 5.07. The molecule has 98 valence electrons. The summed E-state index contributed by atoms with van der Waals surface area (Å²) in [5, 5.41) is 15.9. The van der Waals surface area contributed by atoms with Crippen molar-refractivity contribution in [3.8, 4) is 0 Å². The fraction of sp³-hybridized carbons (Fsp3) is 0. The molecule has 0 aromatic carbocycles. The van der Waals surface area contributed by atoms with Gasteiger partial charge in [-0.3, -0.25) is 5.32 Å². The Hall–Kier alpha value is -1.93. The molecule has 0 aliphatic rings. The maximum absolute atomic E-state index is 11.7. The van der Waals surface area contributed by atoms with Crippen molar-refractivity contribution in [3.05, 3.63) is 39.9 Å². The minimum Gasteiger partial charge on any atom is -0.478 e. The van der Waals surface area contributed by atoms with Crippen LogP contribution in [0.5, 0.6) is 0 Å². The van der Waals surface area contributed by atoms with Crippen LogP contribution in [0.15, 0.2) is 34.4 Å². The second kappa shape index (κ2) is 5.81. The Labute approximate surface area is 120 Å². The molecule has 2 amide bonds. The van der Waals surface area contributed by atoms with Gasteiger partial charge in [-0.2, -0.15) is 0 Å². The predicted octanol–water partition coefficient (Wildman–Crippen LogP) is 3.25. The van der Waals surface area contributed by atoms with Gasteiger partial charge in [-0.05, 0) is 39.5 Å². The molecular formula is C11H8BrN3O3S. The number of pyridine rings is 1. The normalized spacial score (nSPS) is 9.95. The highest BCUT2D eigenvalue weighted by Crippen LogP contribution is 2.24. The van der Waals surface area contributed by atoms with Gasteiger partial charge in [-0.1, -0.05) is 0 Å². The van der Waals surface area contributed by atoms with E-state index in [1.54, 1.807) is 23.7 Å². The van der Waals surface area contributed by atoms with Crippen LogP contribution in [0.25, 0.3) is 0 Å². The summed E-state index contributed by atoms with van der Waals surface area (Å²) in [7, 11) is 0. The van der Waals surface area contributed by atoms with Gasteiger partial charge in [0.05, 0.1) is 11.3 Å². The lowest BCUT2D eigenvalue weighted by molar-refractivity contribution is 0.0698. The third-order valence-corrected chi connectivity index (χ3v) is 3.59. The standard InChI is InChI=1S/C11H8BrN3O3S/c12-8-7(2-1-4-13-8)14-11(18)15-9-6(10(16)17)3-5-19-9/h1-5H,(H,16,17)(H2,14,15,18). The zero-order valence-electron chi connectivity index (χ0n) is 9.38. The smallest absolute Gasteiger partial charge is 0.338 e. The minimum atomic E-state index is -1.08. The largest absolute Gasteiger partial charge is 0.478 e. The molecule has 19 heavy (non-hydrogen) atoms. The van der Waals surface area contributed by atoms with Gasteiger partial charge >= 0.3 is 12.0 Å². The van der Waals surface area contributed by atoms with Crippen LogP contribution < -0.4 is 10.6 Å². The van der Waals surface area contributed by atoms with Crippen LogP contribution in [0, 0.1) is 0 Å². The topological polar surface area (TPSA) is 91.3 Å². The molecule has 0 fully saturated rings. The molecule has 0 aliphatic heterocycles. The molecule has 2 heterocycles. The van der Waals surface area contributed by atoms with Gasteiger partial charge in [0.25, 0.3) is 0 Å². The van der Waals surface area contributed by atoms with E-state index in [2.05, 4.69) is 31.5 Å². The van der Waals surface area contributed by atoms with Gasteiger partial charge in [0.1, 0.15) is 9.60 Å². The molecule has 0 saturated carbocycles. The number of hydrogen-bond acceptors (Lipinski definition) is 4. The van der Waals surface area contributed by atoms with Crippen molar-refractivity contribution >= 4 is 50.0 Å². The molecule has 6 nitrogen and oxygen atoms in total. The molecule has 0 radical (unpaired) electrons. The zero-order valence-corrected chi connectivity index (χ0v) is 11.8. The number of anilines is 2. The Balaban J connectivity index is 2.08. The van der Waals surface area contributed by atoms with Crippen LogP contribution >= 0.6 is 27.3 Å². The Bertz CT molecular complexity index is 629. The average Bonchev–Trinajstić information content (AvgIpc) is 2.80. The van der Waals surface area contributed by atoms with Crippen LogP contribution in [0.3, 0.4) is 0 Å². The van der Waals surface area contributed by atoms with E-state index >= 15 is 0 Å². The van der Waals surface area contributed by atoms with Crippen LogP contribution in [0.1, 0.15) is 10.4 Å². The second-order valence-electron chi connectivity index (χ2n) is 3.39. The van der Waals surface area contributed by atoms with E-state index in [1.165, 1.54) is 6.07 Å². The quantitative estimate of drug-likeness (QED) is 0.747. The van der Waals surface area contributed by atoms with Crippen molar-refractivity contribution < 1.29 is 14.7 Å². The van der Waals surface area contributed by atoms with Crippen LogP contribution in [-0.2, 0) is 0 Å². The number of rotatable bonds is 3. The molecule has 2 aromatic heterocycles. The van der Waals surface area contributed by atoms with E-state index in [0.29, 0.717) is 10.3 Å². The molecule has 3 N–H and O–H groups in total. The number of aromatic carboxylic acids is 1. The van der Waals surface area contributed by atoms with Crippen LogP contribution in [-0.4, -0.2) is 22.1 Å². The summed E-state index contributed by atoms with van der Waals surface area (Å²) < 4.78 is 0.495. The molecule has 0 aliphatic carbocycles. The maximum Gasteiger partial charge on any atom is 0.338 e. The van der Waals surface area contributed by atoms with Crippen LogP contribution in [0.4, 0.5) is 15.5 Å². The molecule has 2 rings (SSSR count). The number of urea groups is 1. The van der Waals surface area contributed by atoms with Crippen molar-refractivity contribution in [2.75, 3.05) is 10.6 Å². The number of hydrogen-bond donors (Lipinski definition) is 3. The maximum atomic E-state index is 11.7. The van der Waals surface area contributed by atoms with Gasteiger partial charge in [0, 0.05) is 6.20 Å². The SMILES string of the molecule is O=C(Nc1cccnc1Br)Nc1sccc1C(=O)O. The summed E-state index contributed by atoms with van der Waals surface area (Å²) in [6, 6.07) is 4.25. The van der Waals surface area contributed by atoms with Crippen molar-refractivity contribution in [1.82, 2.24) is 4.98 Å². The summed E-state index contributed by atoms with van der Waals surface area (Å²) in [5.41, 5.74) is 0.554. The lowest BCUT2D eigenvalue weighted by Crippen LogP contribution is -2.20. The Morgan fingerprint density at radius 3 is 2.79 bits per heavy atom. The van der Waals surface area contributed by atoms with Gasteiger partial charge in [-0.15, -0.1) is 11.3 Å². The van der Waals surface area contributed by atoms with E-state index in [4.69, 9.17) is 5.11 Å². The number of amides is 2. The summed E-state index contributed by atoms with van der Waals surface area (Å²) >= 11 is 4.34. The summed E-state index contributed by atoms with van der Waals surface area (Å²) in [6.45, 7) is 0. The first-order valence-corrected chi connectivity index (χ1v) is 6.74. The zero-order chi connectivity index (χ0) is 13.8. The van der Waals surface area contributed by atoms with Crippen molar-refractivity contribution in [1.29, 1.82) is 0 Å². The summed E-state index contributed by atoms with van der Waals surface area (Å²) in [5.74, 6) is -1.08. The van der Waals surface area contributed by atoms with Crippen molar-refractivity contribution in [3.63, 3.8) is 0 Å². The third kappa shape index (κ3) is 3.30. The molecule has 8 heteroatoms. The Kier molecular flexibility index (Phi) is 4.13. The minimum absolute atomic E-state index is 0.0606. The first-order chi connectivity index (χ1) is 9.08. The number of nitrogens with one attached hydrogen (secondary N) is 2. The number of carboxylic acids is 1. The average molecular weight is 342 g/mol. The Morgan fingerprint density at radius 1 is 1.32 bits per heavy atom. The number of thiophene rings is 1. The van der Waals surface area contributed by atoms with Crippen LogP contribution in [0.2, 0.25) is 0 Å². The number of carbonyl (C=O) groups excluding carboxylic acids is 1. The highest BCUT2D eigenvalue weighted by Gasteiger charge is 2.14. The van der Waals surface area contributed by atoms with E-state index in [-0.39, 0.29) is 10.6 Å². The van der Waals surface area contributed by atoms with Gasteiger partial charge in [0.15, 0.2) is 0 Å². The molecule has 0 bridgehead atoms. The number of carbonyl (C=O) groups is 2. The van der Waals surface area contributed by atoms with E-state index in [1.807, 2.05) is 0 Å². The fourth-order valence-electron chi connectivity index (χ4n) is 1.31. The van der Waals surface area contributed by atoms with E-state index < -0.39 is 12.0 Å². The second-order valence-corrected chi connectivity index (χ2v) is 5.06. The lowest BCUT2D eigenvalue weighted by atomic mass is 10.3. The van der Waals surface area contributed by atoms with Crippen molar-refractivity contribution in [2.45, 2.75) is 0 Å². The van der Waals surface area contributed by atoms with E-state index in [0.717, 1.165) is 11.3 Å². The number of nitrogens with zero attached hydrogens (tertiary/aromatic N) is 1. The third-order valence-electron chi connectivity index (χ3n) is 2.13. The highest BCUT2D eigenvalue weighted by molar-refractivity contribution is 9.10. The molecule has 2 aromatic rings. The number of carboxylic acid groups (broad SMARTS) is 1. The number of halogens is 1. The molecule has 0 saturated heterocycles. The summed E-state index contributed by atoms with van der Waals surface area (Å²) in [4.78, 5) is 26.6. The molecule has 0 unspecified atom stereocenters. The number of aromatic nitrogens is 1. The van der Waals surface area contributed by atoms with Gasteiger partial charge < -0.3 is 10.4 Å². The van der Waals surface area contributed by atoms with Gasteiger partial charge in [0.2, 0.25) is 0 Å². The van der Waals surface area contributed by atoms with Crippen molar-refractivity contribution in [2.24, 2.45) is 0 Å². The molecule has 0 spiro atoms. The predicted molar refractivity (Wildman–Crippen MR) is 75.9 cm³/mol. The lowest BCUT2D eigenvalue weighted by Gasteiger charge is -2.07. The van der Waals surface area contributed by atoms with Gasteiger partial charge in [-0.25, -0.2) is 14.6 Å². The molecular weight excluding hydrogens is 334 g/mol. The first kappa shape index (κ1) is 13.5. The van der Waals surface area contributed by atoms with E-state index in [9.17, 15) is 9.59 Å².